The van der Waals surface area contributed by atoms with E-state index in [9.17, 15) is 4.79 Å². The Bertz CT molecular complexity index is 983. The second-order valence-electron chi connectivity index (χ2n) is 7.05. The molecule has 138 valence electrons. The van der Waals surface area contributed by atoms with Gasteiger partial charge in [0.1, 0.15) is 11.8 Å². The van der Waals surface area contributed by atoms with E-state index in [1.807, 2.05) is 15.4 Å². The van der Waals surface area contributed by atoms with E-state index < -0.39 is 0 Å². The van der Waals surface area contributed by atoms with E-state index in [0.29, 0.717) is 0 Å². The number of nitrogens with zero attached hydrogens (tertiary/aromatic N) is 7. The fraction of sp³-hybridized carbons (Fsp3) is 0.556. The molecule has 0 amide bonds. The zero-order valence-corrected chi connectivity index (χ0v) is 15.6. The number of imidazole rings is 1. The molecule has 8 heteroatoms. The number of aryl methyl sites for hydroxylation is 2. The maximum absolute atomic E-state index is 12.8. The highest BCUT2D eigenvalue weighted by Crippen LogP contribution is 2.25. The third-order valence-corrected chi connectivity index (χ3v) is 5.50. The van der Waals surface area contributed by atoms with Gasteiger partial charge in [-0.25, -0.2) is 14.8 Å². The van der Waals surface area contributed by atoms with E-state index in [4.69, 9.17) is 0 Å². The number of fused-ring (bicyclic) bond motifs is 1. The molecule has 4 heterocycles. The van der Waals surface area contributed by atoms with Crippen LogP contribution in [0.1, 0.15) is 37.1 Å². The summed E-state index contributed by atoms with van der Waals surface area (Å²) in [6.07, 6.45) is 7.26. The summed E-state index contributed by atoms with van der Waals surface area (Å²) in [5.74, 6) is 0. The quantitative estimate of drug-likeness (QED) is 0.709. The van der Waals surface area contributed by atoms with E-state index in [-0.39, 0.29) is 11.7 Å². The first-order valence-electron chi connectivity index (χ1n) is 9.20. The summed E-state index contributed by atoms with van der Waals surface area (Å²) in [7, 11) is 1.79. The molecule has 1 aliphatic heterocycles. The minimum Gasteiger partial charge on any atom is -0.297 e. The van der Waals surface area contributed by atoms with E-state index in [1.165, 1.54) is 17.6 Å². The van der Waals surface area contributed by atoms with Crippen LogP contribution in [0.25, 0.3) is 11.2 Å². The first-order valence-corrected chi connectivity index (χ1v) is 9.20. The van der Waals surface area contributed by atoms with E-state index >= 15 is 0 Å². The van der Waals surface area contributed by atoms with Gasteiger partial charge in [-0.1, -0.05) is 0 Å². The van der Waals surface area contributed by atoms with Crippen LogP contribution >= 0.6 is 0 Å². The van der Waals surface area contributed by atoms with Gasteiger partial charge in [-0.05, 0) is 33.2 Å². The number of rotatable bonds is 4. The normalized spacial score (nSPS) is 18.7. The molecule has 0 unspecified atom stereocenters. The molecular formula is C18H25N7O. The van der Waals surface area contributed by atoms with Gasteiger partial charge < -0.3 is 0 Å². The monoisotopic (exact) mass is 355 g/mol. The molecule has 3 aromatic rings. The van der Waals surface area contributed by atoms with E-state index in [2.05, 4.69) is 33.8 Å². The molecule has 0 bridgehead atoms. The smallest absolute Gasteiger partial charge is 0.297 e. The summed E-state index contributed by atoms with van der Waals surface area (Å²) in [4.78, 5) is 23.6. The van der Waals surface area contributed by atoms with Crippen molar-refractivity contribution in [2.45, 2.75) is 45.8 Å². The van der Waals surface area contributed by atoms with Crippen LogP contribution in [0.15, 0.2) is 23.5 Å². The SMILES string of the molecule is CCn1ncc(CN2CCC[C@@H](n3c(=O)n(C)c4cncnc43)C2)c1C. The van der Waals surface area contributed by atoms with Crippen LogP contribution in [0.2, 0.25) is 0 Å². The topological polar surface area (TPSA) is 73.8 Å². The van der Waals surface area contributed by atoms with Crippen LogP contribution < -0.4 is 5.69 Å². The maximum atomic E-state index is 12.8. The molecule has 0 aliphatic carbocycles. The third-order valence-electron chi connectivity index (χ3n) is 5.50. The van der Waals surface area contributed by atoms with Crippen molar-refractivity contribution >= 4 is 11.2 Å². The number of hydrogen-bond donors (Lipinski definition) is 0. The minimum absolute atomic E-state index is 0.0117. The van der Waals surface area contributed by atoms with Crippen molar-refractivity contribution in [1.82, 2.24) is 33.8 Å². The van der Waals surface area contributed by atoms with Gasteiger partial charge in [-0.3, -0.25) is 18.7 Å². The second-order valence-corrected chi connectivity index (χ2v) is 7.05. The Balaban J connectivity index is 1.60. The highest BCUT2D eigenvalue weighted by molar-refractivity contribution is 5.70. The zero-order valence-electron chi connectivity index (χ0n) is 15.6. The number of hydrogen-bond acceptors (Lipinski definition) is 5. The first-order chi connectivity index (χ1) is 12.6. The molecule has 1 aliphatic rings. The number of likely N-dealkylation sites (tertiary alicyclic amines) is 1. The number of piperidine rings is 1. The minimum atomic E-state index is -0.0117. The van der Waals surface area contributed by atoms with Crippen molar-refractivity contribution in [2.24, 2.45) is 7.05 Å². The summed E-state index contributed by atoms with van der Waals surface area (Å²) in [6, 6.07) is 0.136. The molecule has 0 aromatic carbocycles. The maximum Gasteiger partial charge on any atom is 0.330 e. The molecule has 8 nitrogen and oxygen atoms in total. The Labute approximate surface area is 152 Å². The van der Waals surface area contributed by atoms with Gasteiger partial charge in [0, 0.05) is 37.9 Å². The van der Waals surface area contributed by atoms with Gasteiger partial charge in [0.25, 0.3) is 0 Å². The second kappa shape index (κ2) is 6.68. The van der Waals surface area contributed by atoms with Crippen LogP contribution in [-0.2, 0) is 20.1 Å². The van der Waals surface area contributed by atoms with Crippen molar-refractivity contribution in [3.05, 3.63) is 40.5 Å². The lowest BCUT2D eigenvalue weighted by Crippen LogP contribution is -2.39. The lowest BCUT2D eigenvalue weighted by atomic mass is 10.0. The van der Waals surface area contributed by atoms with Crippen LogP contribution in [0, 0.1) is 6.92 Å². The van der Waals surface area contributed by atoms with Gasteiger partial charge in [-0.2, -0.15) is 5.10 Å². The molecule has 1 fully saturated rings. The van der Waals surface area contributed by atoms with Crippen LogP contribution in [0.5, 0.6) is 0 Å². The summed E-state index contributed by atoms with van der Waals surface area (Å²) in [5.41, 5.74) is 4.00. The standard InChI is InChI=1S/C18H25N7O/c1-4-24-13(2)14(8-21-24)10-23-7-5-6-15(11-23)25-17-16(9-19-12-20-17)22(3)18(25)26/h8-9,12,15H,4-7,10-11H2,1-3H3/t15-/m1/s1. The van der Waals surface area contributed by atoms with Crippen LogP contribution in [-0.4, -0.2) is 46.9 Å². The van der Waals surface area contributed by atoms with Crippen molar-refractivity contribution in [3.8, 4) is 0 Å². The molecule has 0 spiro atoms. The lowest BCUT2D eigenvalue weighted by molar-refractivity contribution is 0.169. The fourth-order valence-electron chi connectivity index (χ4n) is 4.01. The van der Waals surface area contributed by atoms with Gasteiger partial charge in [0.2, 0.25) is 0 Å². The van der Waals surface area contributed by atoms with E-state index in [0.717, 1.165) is 50.2 Å². The first kappa shape index (κ1) is 17.0. The Hall–Kier alpha value is -2.48. The van der Waals surface area contributed by atoms with Crippen molar-refractivity contribution in [2.75, 3.05) is 13.1 Å². The van der Waals surface area contributed by atoms with Gasteiger partial charge >= 0.3 is 5.69 Å². The summed E-state index contributed by atoms with van der Waals surface area (Å²) in [6.45, 7) is 7.88. The number of aromatic nitrogens is 6. The molecule has 3 aromatic heterocycles. The summed E-state index contributed by atoms with van der Waals surface area (Å²) in [5, 5.41) is 4.45. The average molecular weight is 355 g/mol. The Morgan fingerprint density at radius 2 is 2.15 bits per heavy atom. The Morgan fingerprint density at radius 3 is 2.92 bits per heavy atom. The molecule has 1 atom stereocenters. The van der Waals surface area contributed by atoms with Crippen molar-refractivity contribution < 1.29 is 0 Å². The lowest BCUT2D eigenvalue weighted by Gasteiger charge is -2.33. The van der Waals surface area contributed by atoms with Crippen LogP contribution in [0.3, 0.4) is 0 Å². The van der Waals surface area contributed by atoms with Gasteiger partial charge in [0.15, 0.2) is 5.65 Å². The molecule has 0 radical (unpaired) electrons. The van der Waals surface area contributed by atoms with Crippen molar-refractivity contribution in [3.63, 3.8) is 0 Å². The third kappa shape index (κ3) is 2.74. The zero-order chi connectivity index (χ0) is 18.3. The molecule has 0 N–H and O–H groups in total. The highest BCUT2D eigenvalue weighted by Gasteiger charge is 2.26. The van der Waals surface area contributed by atoms with Crippen LogP contribution in [0.4, 0.5) is 0 Å². The predicted molar refractivity (Wildman–Crippen MR) is 99.0 cm³/mol. The van der Waals surface area contributed by atoms with Crippen molar-refractivity contribution in [1.29, 1.82) is 0 Å². The predicted octanol–water partition coefficient (Wildman–Crippen LogP) is 1.49. The largest absolute Gasteiger partial charge is 0.330 e. The fourth-order valence-corrected chi connectivity index (χ4v) is 4.01. The Kier molecular flexibility index (Phi) is 4.36. The van der Waals surface area contributed by atoms with E-state index in [1.54, 1.807) is 17.8 Å². The highest BCUT2D eigenvalue weighted by atomic mass is 16.1. The van der Waals surface area contributed by atoms with Gasteiger partial charge in [0.05, 0.1) is 18.4 Å². The summed E-state index contributed by atoms with van der Waals surface area (Å²) >= 11 is 0. The Morgan fingerprint density at radius 1 is 1.31 bits per heavy atom. The van der Waals surface area contributed by atoms with Gasteiger partial charge in [-0.15, -0.1) is 0 Å². The molecule has 26 heavy (non-hydrogen) atoms. The molecule has 4 rings (SSSR count). The molecular weight excluding hydrogens is 330 g/mol. The average Bonchev–Trinajstić information content (AvgIpc) is 3.13. The summed E-state index contributed by atoms with van der Waals surface area (Å²) < 4.78 is 5.53. The molecule has 0 saturated carbocycles. The molecule has 1 saturated heterocycles.